The predicted molar refractivity (Wildman–Crippen MR) is 98.5 cm³/mol. The maximum Gasteiger partial charge on any atom is 0.290 e. The third-order valence-corrected chi connectivity index (χ3v) is 5.91. The summed E-state index contributed by atoms with van der Waals surface area (Å²) in [6.45, 7) is 4.41. The van der Waals surface area contributed by atoms with Crippen molar-refractivity contribution in [3.05, 3.63) is 17.2 Å². The zero-order chi connectivity index (χ0) is 18.8. The van der Waals surface area contributed by atoms with E-state index in [1.165, 1.54) is 6.42 Å². The van der Waals surface area contributed by atoms with E-state index in [4.69, 9.17) is 0 Å². The molecule has 4 rings (SSSR count). The van der Waals surface area contributed by atoms with E-state index < -0.39 is 0 Å². The van der Waals surface area contributed by atoms with Crippen LogP contribution in [0.2, 0.25) is 0 Å². The quantitative estimate of drug-likeness (QED) is 0.733. The first-order valence-electron chi connectivity index (χ1n) is 10.1. The molecule has 3 aliphatic heterocycles. The highest BCUT2D eigenvalue weighted by Gasteiger charge is 2.32. The third kappa shape index (κ3) is 3.44. The van der Waals surface area contributed by atoms with Crippen LogP contribution in [-0.2, 0) is 17.8 Å². The number of piperazine rings is 1. The topological polar surface area (TPSA) is 78.8 Å². The van der Waals surface area contributed by atoms with Gasteiger partial charge in [0.25, 0.3) is 11.8 Å². The summed E-state index contributed by atoms with van der Waals surface area (Å²) < 4.78 is 1.97. The van der Waals surface area contributed by atoms with Crippen LogP contribution in [0.4, 0.5) is 0 Å². The highest BCUT2D eigenvalue weighted by molar-refractivity contribution is 5.97. The molecule has 0 aromatic carbocycles. The van der Waals surface area contributed by atoms with Crippen molar-refractivity contribution in [3.8, 4) is 0 Å². The monoisotopic (exact) mass is 373 g/mol. The fourth-order valence-corrected chi connectivity index (χ4v) is 4.30. The first-order chi connectivity index (χ1) is 13.2. The minimum absolute atomic E-state index is 0.0230. The lowest BCUT2D eigenvalue weighted by Gasteiger charge is -2.32. The number of aromatic nitrogens is 2. The van der Waals surface area contributed by atoms with Crippen LogP contribution in [0.25, 0.3) is 0 Å². The van der Waals surface area contributed by atoms with Crippen LogP contribution in [0.1, 0.15) is 58.9 Å². The Morgan fingerprint density at radius 2 is 1.44 bits per heavy atom. The SMILES string of the molecule is O=CN1CCN(C(=O)c2nc(C(=O)N3CCCCC3)c3n2CCCC3)CC1. The lowest BCUT2D eigenvalue weighted by molar-refractivity contribution is -0.119. The molecule has 3 amide bonds. The summed E-state index contributed by atoms with van der Waals surface area (Å²) in [6.07, 6.45) is 6.89. The molecule has 0 N–H and O–H groups in total. The number of carbonyl (C=O) groups is 3. The second kappa shape index (κ2) is 7.70. The van der Waals surface area contributed by atoms with E-state index in [0.29, 0.717) is 37.7 Å². The van der Waals surface area contributed by atoms with Gasteiger partial charge < -0.3 is 19.3 Å². The molecule has 1 aromatic rings. The van der Waals surface area contributed by atoms with E-state index in [-0.39, 0.29) is 11.8 Å². The molecule has 0 unspecified atom stereocenters. The fourth-order valence-electron chi connectivity index (χ4n) is 4.30. The Labute approximate surface area is 159 Å². The Balaban J connectivity index is 1.59. The van der Waals surface area contributed by atoms with Crippen molar-refractivity contribution < 1.29 is 14.4 Å². The Kier molecular flexibility index (Phi) is 5.13. The van der Waals surface area contributed by atoms with Crippen LogP contribution in [-0.4, -0.2) is 81.7 Å². The smallest absolute Gasteiger partial charge is 0.290 e. The number of fused-ring (bicyclic) bond motifs is 1. The van der Waals surface area contributed by atoms with Crippen molar-refractivity contribution in [2.45, 2.75) is 45.1 Å². The van der Waals surface area contributed by atoms with Gasteiger partial charge in [-0.2, -0.15) is 0 Å². The molecule has 3 aliphatic rings. The second-order valence-corrected chi connectivity index (χ2v) is 7.63. The highest BCUT2D eigenvalue weighted by atomic mass is 16.2. The average Bonchev–Trinajstić information content (AvgIpc) is 3.13. The molecule has 27 heavy (non-hydrogen) atoms. The Morgan fingerprint density at radius 1 is 0.778 bits per heavy atom. The standard InChI is InChI=1S/C19H27N5O3/c25-14-21-10-12-23(13-11-21)19(27)17-20-16(15-6-2-5-9-24(15)17)18(26)22-7-3-1-4-8-22/h14H,1-13H2. The van der Waals surface area contributed by atoms with Gasteiger partial charge in [-0.1, -0.05) is 0 Å². The second-order valence-electron chi connectivity index (χ2n) is 7.63. The third-order valence-electron chi connectivity index (χ3n) is 5.91. The van der Waals surface area contributed by atoms with Gasteiger partial charge in [0.05, 0.1) is 5.69 Å². The summed E-state index contributed by atoms with van der Waals surface area (Å²) in [6, 6.07) is 0. The van der Waals surface area contributed by atoms with Crippen molar-refractivity contribution in [1.82, 2.24) is 24.3 Å². The predicted octanol–water partition coefficient (Wildman–Crippen LogP) is 0.760. The minimum Gasteiger partial charge on any atom is -0.342 e. The van der Waals surface area contributed by atoms with Crippen LogP contribution in [0, 0.1) is 0 Å². The Bertz CT molecular complexity index is 730. The maximum atomic E-state index is 13.1. The number of likely N-dealkylation sites (tertiary alicyclic amines) is 1. The zero-order valence-corrected chi connectivity index (χ0v) is 15.7. The largest absolute Gasteiger partial charge is 0.342 e. The number of nitrogens with zero attached hydrogens (tertiary/aromatic N) is 5. The van der Waals surface area contributed by atoms with Gasteiger partial charge in [-0.05, 0) is 38.5 Å². The van der Waals surface area contributed by atoms with Gasteiger partial charge in [-0.3, -0.25) is 14.4 Å². The highest BCUT2D eigenvalue weighted by Crippen LogP contribution is 2.24. The number of hydrogen-bond acceptors (Lipinski definition) is 4. The van der Waals surface area contributed by atoms with E-state index in [9.17, 15) is 14.4 Å². The molecular formula is C19H27N5O3. The normalized spacial score (nSPS) is 20.4. The molecule has 2 saturated heterocycles. The van der Waals surface area contributed by atoms with Gasteiger partial charge in [0.15, 0.2) is 5.82 Å². The molecule has 8 nitrogen and oxygen atoms in total. The summed E-state index contributed by atoms with van der Waals surface area (Å²) >= 11 is 0. The van der Waals surface area contributed by atoms with Crippen LogP contribution < -0.4 is 0 Å². The summed E-state index contributed by atoms with van der Waals surface area (Å²) in [5.41, 5.74) is 1.40. The zero-order valence-electron chi connectivity index (χ0n) is 15.7. The van der Waals surface area contributed by atoms with E-state index in [2.05, 4.69) is 4.98 Å². The van der Waals surface area contributed by atoms with Gasteiger partial charge >= 0.3 is 0 Å². The van der Waals surface area contributed by atoms with E-state index in [1.54, 1.807) is 9.80 Å². The van der Waals surface area contributed by atoms with Gasteiger partial charge in [0, 0.05) is 45.8 Å². The van der Waals surface area contributed by atoms with Gasteiger partial charge in [-0.15, -0.1) is 0 Å². The number of piperidine rings is 1. The van der Waals surface area contributed by atoms with Crippen molar-refractivity contribution in [2.75, 3.05) is 39.3 Å². The molecule has 0 aliphatic carbocycles. The van der Waals surface area contributed by atoms with Gasteiger partial charge in [-0.25, -0.2) is 4.98 Å². The Hall–Kier alpha value is -2.38. The number of amides is 3. The summed E-state index contributed by atoms with van der Waals surface area (Å²) in [5, 5.41) is 0. The average molecular weight is 373 g/mol. The summed E-state index contributed by atoms with van der Waals surface area (Å²) in [5.74, 6) is 0.246. The molecule has 4 heterocycles. The lowest BCUT2D eigenvalue weighted by Crippen LogP contribution is -2.48. The molecule has 0 atom stereocenters. The van der Waals surface area contributed by atoms with E-state index in [0.717, 1.165) is 63.8 Å². The van der Waals surface area contributed by atoms with Crippen LogP contribution in [0.5, 0.6) is 0 Å². The Morgan fingerprint density at radius 3 is 2.15 bits per heavy atom. The first-order valence-corrected chi connectivity index (χ1v) is 10.1. The molecule has 8 heteroatoms. The first kappa shape index (κ1) is 18.0. The van der Waals surface area contributed by atoms with Crippen LogP contribution in [0.15, 0.2) is 0 Å². The van der Waals surface area contributed by atoms with E-state index in [1.807, 2.05) is 9.47 Å². The molecule has 146 valence electrons. The number of carbonyl (C=O) groups excluding carboxylic acids is 3. The van der Waals surface area contributed by atoms with Crippen molar-refractivity contribution in [3.63, 3.8) is 0 Å². The van der Waals surface area contributed by atoms with E-state index >= 15 is 0 Å². The molecule has 0 bridgehead atoms. The van der Waals surface area contributed by atoms with Gasteiger partial charge in [0.1, 0.15) is 5.69 Å². The van der Waals surface area contributed by atoms with Crippen LogP contribution >= 0.6 is 0 Å². The minimum atomic E-state index is -0.124. The maximum absolute atomic E-state index is 13.1. The summed E-state index contributed by atoms with van der Waals surface area (Å²) in [7, 11) is 0. The van der Waals surface area contributed by atoms with Gasteiger partial charge in [0.2, 0.25) is 6.41 Å². The molecule has 2 fully saturated rings. The fraction of sp³-hybridized carbons (Fsp3) is 0.684. The molecule has 0 saturated carbocycles. The number of imidazole rings is 1. The summed E-state index contributed by atoms with van der Waals surface area (Å²) in [4.78, 5) is 46.9. The molecule has 0 radical (unpaired) electrons. The number of hydrogen-bond donors (Lipinski definition) is 0. The lowest BCUT2D eigenvalue weighted by atomic mass is 10.1. The molecule has 0 spiro atoms. The number of rotatable bonds is 3. The van der Waals surface area contributed by atoms with Crippen LogP contribution in [0.3, 0.4) is 0 Å². The van der Waals surface area contributed by atoms with Crippen molar-refractivity contribution >= 4 is 18.2 Å². The molecule has 1 aromatic heterocycles. The van der Waals surface area contributed by atoms with Crippen molar-refractivity contribution in [1.29, 1.82) is 0 Å². The van der Waals surface area contributed by atoms with Crippen molar-refractivity contribution in [2.24, 2.45) is 0 Å². The molecular weight excluding hydrogens is 346 g/mol.